The van der Waals surface area contributed by atoms with Gasteiger partial charge in [0.1, 0.15) is 29.3 Å². The number of fused-ring (bicyclic) bond motifs is 1. The van der Waals surface area contributed by atoms with E-state index in [0.717, 1.165) is 0 Å². The summed E-state index contributed by atoms with van der Waals surface area (Å²) in [7, 11) is 1.57. The number of H-pyrrole nitrogens is 1. The van der Waals surface area contributed by atoms with E-state index in [1.807, 2.05) is 0 Å². The number of nitrogens with zero attached hydrogens (tertiary/aromatic N) is 5. The highest BCUT2D eigenvalue weighted by Crippen LogP contribution is 2.18. The third-order valence-electron chi connectivity index (χ3n) is 4.63. The van der Waals surface area contributed by atoms with E-state index in [1.165, 1.54) is 29.2 Å². The molecule has 4 rings (SSSR count). The second-order valence-electron chi connectivity index (χ2n) is 6.68. The molecule has 0 bridgehead atoms. The number of aromatic nitrogens is 3. The first-order valence-electron chi connectivity index (χ1n) is 9.26. The minimum Gasteiger partial charge on any atom is -0.443 e. The molecule has 0 radical (unpaired) electrons. The molecule has 3 heterocycles. The Morgan fingerprint density at radius 3 is 2.97 bits per heavy atom. The molecule has 0 atom stereocenters. The third kappa shape index (κ3) is 4.06. The Bertz CT molecular complexity index is 1290. The molecule has 0 spiro atoms. The van der Waals surface area contributed by atoms with Gasteiger partial charge in [-0.05, 0) is 12.1 Å². The number of allylic oxidation sites excluding steroid dienone is 1. The summed E-state index contributed by atoms with van der Waals surface area (Å²) in [6, 6.07) is 6.33. The first-order chi connectivity index (χ1) is 14.9. The van der Waals surface area contributed by atoms with Crippen molar-refractivity contribution < 1.29 is 8.81 Å². The second kappa shape index (κ2) is 8.22. The summed E-state index contributed by atoms with van der Waals surface area (Å²) in [6.07, 6.45) is 4.38. The zero-order chi connectivity index (χ0) is 22.0. The van der Waals surface area contributed by atoms with Crippen LogP contribution in [-0.2, 0) is 13.6 Å². The minimum absolute atomic E-state index is 0.0574. The Morgan fingerprint density at radius 1 is 1.42 bits per heavy atom. The Hall–Kier alpha value is -4.28. The van der Waals surface area contributed by atoms with E-state index in [1.54, 1.807) is 25.2 Å². The Morgan fingerprint density at radius 2 is 2.23 bits per heavy atom. The van der Waals surface area contributed by atoms with E-state index >= 15 is 0 Å². The molecular weight excluding hydrogens is 403 g/mol. The predicted octanol–water partition coefficient (Wildman–Crippen LogP) is 1.16. The van der Waals surface area contributed by atoms with Crippen LogP contribution in [-0.4, -0.2) is 38.3 Å². The molecule has 0 saturated carbocycles. The van der Waals surface area contributed by atoms with Gasteiger partial charge in [0.25, 0.3) is 0 Å². The quantitative estimate of drug-likeness (QED) is 0.527. The summed E-state index contributed by atoms with van der Waals surface area (Å²) in [4.78, 5) is 31.8. The van der Waals surface area contributed by atoms with Crippen LogP contribution in [0.15, 0.2) is 72.7 Å². The number of nitrogens with two attached hydrogens (primary N) is 2. The number of hydrogen-bond acceptors (Lipinski definition) is 8. The number of imidazole rings is 1. The molecule has 3 aromatic rings. The first kappa shape index (κ1) is 20.0. The molecule has 10 nitrogen and oxygen atoms in total. The summed E-state index contributed by atoms with van der Waals surface area (Å²) >= 11 is 0. The number of aliphatic imine (C=N–C) groups is 3. The van der Waals surface area contributed by atoms with Gasteiger partial charge in [0.05, 0.1) is 30.7 Å². The monoisotopic (exact) mass is 422 g/mol. The minimum atomic E-state index is -0.373. The molecular formula is C20H19FN8O2. The molecule has 0 fully saturated rings. The van der Waals surface area contributed by atoms with Crippen molar-refractivity contribution in [2.24, 2.45) is 33.5 Å². The maximum absolute atomic E-state index is 14.0. The number of benzene rings is 1. The van der Waals surface area contributed by atoms with Gasteiger partial charge in [0.15, 0.2) is 5.82 Å². The van der Waals surface area contributed by atoms with Crippen LogP contribution in [0.1, 0.15) is 17.1 Å². The lowest BCUT2D eigenvalue weighted by atomic mass is 10.2. The van der Waals surface area contributed by atoms with Gasteiger partial charge in [-0.1, -0.05) is 18.2 Å². The van der Waals surface area contributed by atoms with Crippen molar-refractivity contribution in [2.75, 3.05) is 6.54 Å². The number of nitrogens with one attached hydrogen (secondary N) is 1. The van der Waals surface area contributed by atoms with Crippen molar-refractivity contribution in [3.63, 3.8) is 0 Å². The maximum atomic E-state index is 14.0. The van der Waals surface area contributed by atoms with Crippen molar-refractivity contribution in [1.82, 2.24) is 14.5 Å². The molecule has 1 aliphatic rings. The molecule has 0 aliphatic carbocycles. The van der Waals surface area contributed by atoms with E-state index < -0.39 is 0 Å². The van der Waals surface area contributed by atoms with Gasteiger partial charge in [0, 0.05) is 12.6 Å². The average Bonchev–Trinajstić information content (AvgIpc) is 3.33. The summed E-state index contributed by atoms with van der Waals surface area (Å²) < 4.78 is 20.6. The molecule has 1 aliphatic heterocycles. The number of rotatable bonds is 5. The molecule has 1 aromatic carbocycles. The van der Waals surface area contributed by atoms with Crippen LogP contribution in [0.3, 0.4) is 0 Å². The van der Waals surface area contributed by atoms with Crippen LogP contribution in [0.5, 0.6) is 0 Å². The number of hydrogen-bond donors (Lipinski definition) is 3. The number of halogens is 1. The van der Waals surface area contributed by atoms with Crippen molar-refractivity contribution >= 4 is 23.1 Å². The van der Waals surface area contributed by atoms with Gasteiger partial charge in [-0.25, -0.2) is 19.2 Å². The highest BCUT2D eigenvalue weighted by Gasteiger charge is 2.20. The topological polar surface area (TPSA) is 153 Å². The standard InChI is InChI=1S/C20H19FN8O2/c1-29-16-17(23)26-10-15(27-18(16)28-20(29)30)13(22)8-14(19-24-6-7-31-19)25-9-11-4-2-3-5-12(11)21/h2-8H,9-10,22H2,1H3,(H2,23,26)(H,28,30). The normalized spacial score (nSPS) is 14.6. The summed E-state index contributed by atoms with van der Waals surface area (Å²) in [5.41, 5.74) is 13.6. The fourth-order valence-corrected chi connectivity index (χ4v) is 2.99. The first-order valence-corrected chi connectivity index (χ1v) is 9.26. The lowest BCUT2D eigenvalue weighted by molar-refractivity contribution is 0.547. The van der Waals surface area contributed by atoms with Crippen LogP contribution in [0, 0.1) is 5.82 Å². The van der Waals surface area contributed by atoms with Crippen LogP contribution >= 0.6 is 0 Å². The Kier molecular flexibility index (Phi) is 5.31. The summed E-state index contributed by atoms with van der Waals surface area (Å²) in [5, 5.41) is 0. The van der Waals surface area contributed by atoms with E-state index in [2.05, 4.69) is 24.9 Å². The molecule has 31 heavy (non-hydrogen) atoms. The van der Waals surface area contributed by atoms with Gasteiger partial charge in [-0.3, -0.25) is 19.5 Å². The third-order valence-corrected chi connectivity index (χ3v) is 4.63. The van der Waals surface area contributed by atoms with Crippen LogP contribution < -0.4 is 17.2 Å². The van der Waals surface area contributed by atoms with Crippen molar-refractivity contribution in [3.8, 4) is 0 Å². The zero-order valence-corrected chi connectivity index (χ0v) is 16.5. The second-order valence-corrected chi connectivity index (χ2v) is 6.68. The number of aromatic amines is 1. The lowest BCUT2D eigenvalue weighted by Crippen LogP contribution is -2.23. The van der Waals surface area contributed by atoms with E-state index in [9.17, 15) is 9.18 Å². The van der Waals surface area contributed by atoms with Gasteiger partial charge in [-0.15, -0.1) is 0 Å². The van der Waals surface area contributed by atoms with Gasteiger partial charge >= 0.3 is 5.69 Å². The van der Waals surface area contributed by atoms with Gasteiger partial charge in [-0.2, -0.15) is 0 Å². The molecule has 0 amide bonds. The molecule has 0 unspecified atom stereocenters. The van der Waals surface area contributed by atoms with Crippen molar-refractivity contribution in [2.45, 2.75) is 6.54 Å². The van der Waals surface area contributed by atoms with Crippen LogP contribution in [0.2, 0.25) is 0 Å². The molecule has 2 aromatic heterocycles. The van der Waals surface area contributed by atoms with Gasteiger partial charge < -0.3 is 15.9 Å². The summed E-state index contributed by atoms with van der Waals surface area (Å²) in [5.74, 6) is 0.279. The Labute approximate surface area is 175 Å². The smallest absolute Gasteiger partial charge is 0.327 e. The highest BCUT2D eigenvalue weighted by atomic mass is 19.1. The van der Waals surface area contributed by atoms with E-state index in [-0.39, 0.29) is 47.8 Å². The molecule has 0 saturated heterocycles. The molecule has 11 heteroatoms. The predicted molar refractivity (Wildman–Crippen MR) is 114 cm³/mol. The lowest BCUT2D eigenvalue weighted by Gasteiger charge is -2.05. The van der Waals surface area contributed by atoms with Crippen LogP contribution in [0.25, 0.3) is 0 Å². The Balaban J connectivity index is 1.72. The zero-order valence-electron chi connectivity index (χ0n) is 16.5. The fourth-order valence-electron chi connectivity index (χ4n) is 2.99. The average molecular weight is 422 g/mol. The fraction of sp³-hybridized carbons (Fsp3) is 0.150. The number of amidine groups is 1. The van der Waals surface area contributed by atoms with E-state index in [4.69, 9.17) is 15.9 Å². The summed E-state index contributed by atoms with van der Waals surface area (Å²) in [6.45, 7) is 0.152. The van der Waals surface area contributed by atoms with Crippen molar-refractivity contribution in [1.29, 1.82) is 0 Å². The molecule has 158 valence electrons. The number of oxazole rings is 1. The van der Waals surface area contributed by atoms with Crippen LogP contribution in [0.4, 0.5) is 10.2 Å². The SMILES string of the molecule is Cn1c2c([nH]c1=O)N=C(C(N)=CC(=NCc1ccccc1F)c1ncco1)CN=C2N. The van der Waals surface area contributed by atoms with E-state index in [0.29, 0.717) is 22.7 Å². The van der Waals surface area contributed by atoms with Gasteiger partial charge in [0.2, 0.25) is 5.89 Å². The van der Waals surface area contributed by atoms with Crippen molar-refractivity contribution in [3.05, 3.63) is 81.9 Å². The largest absolute Gasteiger partial charge is 0.443 e. The molecule has 5 N–H and O–H groups in total. The maximum Gasteiger partial charge on any atom is 0.327 e. The highest BCUT2D eigenvalue weighted by molar-refractivity contribution is 6.14.